The zero-order valence-corrected chi connectivity index (χ0v) is 47.8. The van der Waals surface area contributed by atoms with E-state index in [0.29, 0.717) is 60.5 Å². The SMILES string of the molecule is CC(=O)NCc1ccc(Sc2ccc(S(=O)(=O)N3CCCC3)cc2)s1.NCc1ccc(S(=O)(=O)c2ccc(S(=O)(=O)N3CCCC3)cc2)s1.O=S(=O)(c1cccc(S)c1)N1CCCC1.S=Nc1ccc(Cl)s1. The van der Waals surface area contributed by atoms with Crippen LogP contribution in [0.5, 0.6) is 0 Å². The number of rotatable bonds is 14. The van der Waals surface area contributed by atoms with Gasteiger partial charge in [0, 0.05) is 84.7 Å². The summed E-state index contributed by atoms with van der Waals surface area (Å²) in [6.07, 6.45) is 5.50. The fourth-order valence-electron chi connectivity index (χ4n) is 7.27. The highest BCUT2D eigenvalue weighted by molar-refractivity contribution is 8.01. The molecule has 26 heteroatoms. The van der Waals surface area contributed by atoms with E-state index in [1.807, 2.05) is 24.3 Å². The number of halogens is 1. The summed E-state index contributed by atoms with van der Waals surface area (Å²) in [7, 11) is -13.8. The molecule has 3 aromatic heterocycles. The molecule has 0 radical (unpaired) electrons. The van der Waals surface area contributed by atoms with E-state index in [1.165, 1.54) is 57.2 Å². The number of nitrogens with zero attached hydrogens (tertiary/aromatic N) is 4. The van der Waals surface area contributed by atoms with Crippen LogP contribution >= 0.6 is 70.0 Å². The van der Waals surface area contributed by atoms with Gasteiger partial charge in [-0.3, -0.25) is 4.79 Å². The first-order valence-electron chi connectivity index (χ1n) is 22.4. The van der Waals surface area contributed by atoms with Gasteiger partial charge in [0.1, 0.15) is 9.21 Å². The van der Waals surface area contributed by atoms with Crippen molar-refractivity contribution in [3.8, 4) is 0 Å². The Morgan fingerprint density at radius 2 is 1.15 bits per heavy atom. The van der Waals surface area contributed by atoms with Crippen LogP contribution < -0.4 is 11.1 Å². The number of nitrogens with one attached hydrogen (secondary N) is 1. The largest absolute Gasteiger partial charge is 0.351 e. The number of thiol groups is 1. The van der Waals surface area contributed by atoms with Gasteiger partial charge in [0.25, 0.3) is 0 Å². The second kappa shape index (κ2) is 26.6. The molecule has 15 nitrogen and oxygen atoms in total. The summed E-state index contributed by atoms with van der Waals surface area (Å²) in [5.74, 6) is -0.0441. The molecule has 0 saturated carbocycles. The molecule has 3 fully saturated rings. The Bertz CT molecular complexity index is 3220. The van der Waals surface area contributed by atoms with Gasteiger partial charge in [0.05, 0.1) is 34.7 Å². The monoisotopic (exact) mass is 1190 g/mol. The molecule has 6 aromatic rings. The van der Waals surface area contributed by atoms with E-state index >= 15 is 0 Å². The zero-order chi connectivity index (χ0) is 52.1. The molecule has 3 aliphatic rings. The standard InChI is InChI=1S/C17H20N2O3S3.C15H18N2O4S3.C10H13NO2S2.C4H2ClNS2/c1-13(20)18-12-15-6-9-17(24-15)23-14-4-7-16(8-5-14)25(21,22)19-10-2-3-11-19;16-11-12-3-8-15(22-12)23(18,19)13-4-6-14(7-5-13)24(20,21)17-9-1-2-10-17;12-15(13,11-6-1-2-7-11)10-5-3-4-9(14)8-10;5-3-1-2-4(6-7)8-3/h4-9H,2-3,10-12H2,1H3,(H,18,20);3-8H,1-2,9-11,16H2;3-5,8,14H,1-2,6-7H2;1-2H. The minimum absolute atomic E-state index is 0.0441. The Morgan fingerprint density at radius 1 is 0.653 bits per heavy atom. The van der Waals surface area contributed by atoms with Crippen molar-refractivity contribution >= 4 is 133 Å². The second-order valence-corrected chi connectivity index (χ2v) is 30.2. The van der Waals surface area contributed by atoms with E-state index in [0.717, 1.165) is 78.1 Å². The van der Waals surface area contributed by atoms with Gasteiger partial charge in [-0.25, -0.2) is 33.7 Å². The number of sulfonamides is 3. The summed E-state index contributed by atoms with van der Waals surface area (Å²) in [5, 5.41) is 3.58. The van der Waals surface area contributed by atoms with E-state index in [2.05, 4.69) is 34.7 Å². The lowest BCUT2D eigenvalue weighted by Crippen LogP contribution is -2.27. The minimum atomic E-state index is -3.65. The van der Waals surface area contributed by atoms with Gasteiger partial charge in [0.2, 0.25) is 45.8 Å². The van der Waals surface area contributed by atoms with Crippen LogP contribution in [0.15, 0.2) is 151 Å². The normalized spacial score (nSPS) is 15.7. The van der Waals surface area contributed by atoms with Crippen molar-refractivity contribution in [1.29, 1.82) is 0 Å². The molecule has 3 N–H and O–H groups in total. The molecule has 0 aliphatic carbocycles. The summed E-state index contributed by atoms with van der Waals surface area (Å²) >= 11 is 19.8. The third kappa shape index (κ3) is 15.7. The Balaban J connectivity index is 0.000000167. The molecule has 9 rings (SSSR count). The number of amides is 1. The highest BCUT2D eigenvalue weighted by atomic mass is 35.5. The van der Waals surface area contributed by atoms with Crippen LogP contribution in [0.2, 0.25) is 4.34 Å². The predicted molar refractivity (Wildman–Crippen MR) is 293 cm³/mol. The average Bonchev–Trinajstić information content (AvgIpc) is 4.23. The molecule has 0 spiro atoms. The molecule has 3 aliphatic heterocycles. The van der Waals surface area contributed by atoms with Crippen molar-refractivity contribution in [2.45, 2.75) is 96.3 Å². The summed E-state index contributed by atoms with van der Waals surface area (Å²) < 4.78 is 109. The highest BCUT2D eigenvalue weighted by Crippen LogP contribution is 2.35. The lowest BCUT2D eigenvalue weighted by molar-refractivity contribution is -0.119. The summed E-state index contributed by atoms with van der Waals surface area (Å²) in [4.78, 5) is 15.4. The van der Waals surface area contributed by atoms with Crippen molar-refractivity contribution < 1.29 is 38.5 Å². The average molecular weight is 1190 g/mol. The molecule has 0 bridgehead atoms. The first kappa shape index (κ1) is 58.1. The molecule has 3 aromatic carbocycles. The van der Waals surface area contributed by atoms with Crippen LogP contribution in [0.25, 0.3) is 0 Å². The molecule has 0 atom stereocenters. The van der Waals surface area contributed by atoms with Crippen LogP contribution in [0, 0.1) is 0 Å². The fraction of sp³-hybridized carbons (Fsp3) is 0.326. The number of thiophene rings is 3. The van der Waals surface area contributed by atoms with Crippen molar-refractivity contribution in [1.82, 2.24) is 18.2 Å². The Kier molecular flexibility index (Phi) is 21.5. The maximum absolute atomic E-state index is 12.6. The van der Waals surface area contributed by atoms with Crippen molar-refractivity contribution in [2.24, 2.45) is 10.1 Å². The number of sulfone groups is 1. The second-order valence-electron chi connectivity index (χ2n) is 16.1. The molecular formula is C46H53ClN6O9S10. The van der Waals surface area contributed by atoms with Crippen LogP contribution in [0.4, 0.5) is 5.00 Å². The van der Waals surface area contributed by atoms with Crippen LogP contribution in [-0.4, -0.2) is 91.8 Å². The molecule has 72 heavy (non-hydrogen) atoms. The molecule has 3 saturated heterocycles. The highest BCUT2D eigenvalue weighted by Gasteiger charge is 2.30. The lowest BCUT2D eigenvalue weighted by Gasteiger charge is -2.15. The predicted octanol–water partition coefficient (Wildman–Crippen LogP) is 9.67. The van der Waals surface area contributed by atoms with Gasteiger partial charge >= 0.3 is 0 Å². The first-order chi connectivity index (χ1) is 34.2. The van der Waals surface area contributed by atoms with E-state index < -0.39 is 39.9 Å². The van der Waals surface area contributed by atoms with Gasteiger partial charge < -0.3 is 11.1 Å². The fourth-order valence-corrected chi connectivity index (χ4v) is 17.9. The van der Waals surface area contributed by atoms with E-state index in [9.17, 15) is 38.5 Å². The maximum Gasteiger partial charge on any atom is 0.243 e. The van der Waals surface area contributed by atoms with Gasteiger partial charge in [-0.2, -0.15) is 17.3 Å². The molecule has 6 heterocycles. The van der Waals surface area contributed by atoms with Gasteiger partial charge in [0.15, 0.2) is 0 Å². The van der Waals surface area contributed by atoms with E-state index in [-0.39, 0.29) is 26.5 Å². The summed E-state index contributed by atoms with van der Waals surface area (Å²) in [6, 6.07) is 30.0. The smallest absolute Gasteiger partial charge is 0.243 e. The van der Waals surface area contributed by atoms with Crippen molar-refractivity contribution in [3.05, 3.63) is 123 Å². The Morgan fingerprint density at radius 3 is 1.60 bits per heavy atom. The maximum atomic E-state index is 12.6. The first-order valence-corrected chi connectivity index (χ1v) is 32.6. The van der Waals surface area contributed by atoms with Crippen molar-refractivity contribution in [3.63, 3.8) is 0 Å². The number of benzene rings is 3. The lowest BCUT2D eigenvalue weighted by atomic mass is 10.4. The van der Waals surface area contributed by atoms with E-state index in [1.54, 1.807) is 82.0 Å². The minimum Gasteiger partial charge on any atom is -0.351 e. The van der Waals surface area contributed by atoms with Crippen molar-refractivity contribution in [2.75, 3.05) is 39.3 Å². The topological polar surface area (TPSA) is 214 Å². The third-order valence-corrected chi connectivity index (χ3v) is 24.0. The number of nitrogens with two attached hydrogens (primary N) is 1. The summed E-state index contributed by atoms with van der Waals surface area (Å²) in [5.41, 5.74) is 5.52. The molecule has 1 amide bonds. The number of hydrogen-bond acceptors (Lipinski definition) is 17. The number of carbonyl (C=O) groups is 1. The zero-order valence-electron chi connectivity index (χ0n) is 38.8. The van der Waals surface area contributed by atoms with Crippen LogP contribution in [0.1, 0.15) is 55.2 Å². The number of hydrogen-bond donors (Lipinski definition) is 3. The van der Waals surface area contributed by atoms with Crippen LogP contribution in [0.3, 0.4) is 0 Å². The molecule has 388 valence electrons. The van der Waals surface area contributed by atoms with Gasteiger partial charge in [-0.15, -0.1) is 46.6 Å². The Hall–Kier alpha value is -3.12. The molecule has 0 unspecified atom stereocenters. The Labute approximate surface area is 454 Å². The third-order valence-electron chi connectivity index (χ3n) is 11.0. The number of carbonyl (C=O) groups excluding carboxylic acids is 1. The van der Waals surface area contributed by atoms with E-state index in [4.69, 9.17) is 17.3 Å². The van der Waals surface area contributed by atoms with Crippen LogP contribution in [-0.2, 0) is 70.2 Å². The quantitative estimate of drug-likeness (QED) is 0.0870. The van der Waals surface area contributed by atoms with Gasteiger partial charge in [-0.1, -0.05) is 29.4 Å². The molecular weight excluding hydrogens is 1140 g/mol. The summed E-state index contributed by atoms with van der Waals surface area (Å²) in [6.45, 7) is 5.86. The van der Waals surface area contributed by atoms with Gasteiger partial charge in [-0.05, 0) is 142 Å².